The zero-order valence-electron chi connectivity index (χ0n) is 22.6. The molecule has 0 aromatic carbocycles. The van der Waals surface area contributed by atoms with Gasteiger partial charge < -0.3 is 12.7 Å². The van der Waals surface area contributed by atoms with Crippen LogP contribution in [0.25, 0.3) is 0 Å². The van der Waals surface area contributed by atoms with Gasteiger partial charge in [0.1, 0.15) is 0 Å². The van der Waals surface area contributed by atoms with Gasteiger partial charge in [-0.2, -0.15) is 8.42 Å². The molecule has 2 N–H and O–H groups in total. The maximum absolute atomic E-state index is 11.7. The SMILES string of the molecule is CCCCCCCCCCCCCCCCCCOC(=O)C(CC(=O)O)S(=O)(=O)O.[H-].[H-].[K+].[K+]. The molecule has 0 aliphatic heterocycles. The van der Waals surface area contributed by atoms with Gasteiger partial charge in [-0.05, 0) is 6.42 Å². The number of hydrogen-bond donors (Lipinski definition) is 2. The smallest absolute Gasteiger partial charge is 1.00 e. The van der Waals surface area contributed by atoms with Crippen LogP contribution >= 0.6 is 0 Å². The van der Waals surface area contributed by atoms with Crippen LogP contribution < -0.4 is 103 Å². The van der Waals surface area contributed by atoms with E-state index >= 15 is 0 Å². The first kappa shape index (κ1) is 38.6. The molecule has 1 unspecified atom stereocenters. The summed E-state index contributed by atoms with van der Waals surface area (Å²) in [5.74, 6) is -2.70. The van der Waals surface area contributed by atoms with Crippen molar-refractivity contribution in [2.75, 3.05) is 6.61 Å². The van der Waals surface area contributed by atoms with Crippen LogP contribution in [0.15, 0.2) is 0 Å². The molecule has 0 fully saturated rings. The van der Waals surface area contributed by atoms with Gasteiger partial charge in [0.25, 0.3) is 10.1 Å². The average Bonchev–Trinajstić information content (AvgIpc) is 2.67. The van der Waals surface area contributed by atoms with Crippen molar-refractivity contribution in [3.8, 4) is 0 Å². The van der Waals surface area contributed by atoms with Gasteiger partial charge in [-0.1, -0.05) is 103 Å². The largest absolute Gasteiger partial charge is 1.00 e. The first-order chi connectivity index (χ1) is 14.3. The summed E-state index contributed by atoms with van der Waals surface area (Å²) in [7, 11) is -4.79. The van der Waals surface area contributed by atoms with Gasteiger partial charge in [-0.25, -0.2) is 0 Å². The van der Waals surface area contributed by atoms with Gasteiger partial charge >= 0.3 is 115 Å². The molecule has 0 aliphatic rings. The molecular weight excluding hydrogens is 486 g/mol. The molecule has 7 nitrogen and oxygen atoms in total. The van der Waals surface area contributed by atoms with E-state index in [9.17, 15) is 18.0 Å². The summed E-state index contributed by atoms with van der Waals surface area (Å²) in [4.78, 5) is 22.3. The van der Waals surface area contributed by atoms with Crippen molar-refractivity contribution >= 4 is 22.1 Å². The maximum Gasteiger partial charge on any atom is 1.00 e. The Balaban J connectivity index is -0.000000701. The van der Waals surface area contributed by atoms with Gasteiger partial charge in [0.05, 0.1) is 13.0 Å². The molecule has 0 saturated carbocycles. The standard InChI is InChI=1S/C22H42O7S.2K.2H/c1-2-3-4-5-6-7-8-9-10-11-12-13-14-15-16-17-18-29-22(25)20(19-21(23)24)30(26,27)28;;;;/h20H,2-19H2,1H3,(H,23,24)(H,26,27,28);;;;/q;2*+1;2*-1. The van der Waals surface area contributed by atoms with Crippen molar-refractivity contribution in [3.63, 3.8) is 0 Å². The molecule has 0 aromatic rings. The molecule has 0 amide bonds. The molecule has 0 radical (unpaired) electrons. The molecule has 10 heteroatoms. The number of esters is 1. The molecule has 32 heavy (non-hydrogen) atoms. The predicted octanol–water partition coefficient (Wildman–Crippen LogP) is -0.245. The third kappa shape index (κ3) is 25.2. The van der Waals surface area contributed by atoms with Crippen LogP contribution in [0.3, 0.4) is 0 Å². The third-order valence-electron chi connectivity index (χ3n) is 5.22. The van der Waals surface area contributed by atoms with Crippen LogP contribution in [-0.4, -0.2) is 41.9 Å². The summed E-state index contributed by atoms with van der Waals surface area (Å²) in [6.07, 6.45) is 18.5. The number of carboxylic acid groups (broad SMARTS) is 1. The van der Waals surface area contributed by atoms with E-state index in [-0.39, 0.29) is 112 Å². The van der Waals surface area contributed by atoms with Crippen molar-refractivity contribution in [2.45, 2.75) is 121 Å². The molecule has 0 rings (SSSR count). The van der Waals surface area contributed by atoms with Crippen molar-refractivity contribution in [2.24, 2.45) is 0 Å². The van der Waals surface area contributed by atoms with Crippen LogP contribution in [-0.2, 0) is 24.4 Å². The second-order valence-electron chi connectivity index (χ2n) is 8.07. The fourth-order valence-electron chi connectivity index (χ4n) is 3.38. The van der Waals surface area contributed by atoms with Crippen LogP contribution in [0.4, 0.5) is 0 Å². The van der Waals surface area contributed by atoms with E-state index in [1.54, 1.807) is 0 Å². The number of aliphatic carboxylic acids is 1. The summed E-state index contributed by atoms with van der Waals surface area (Å²) < 4.78 is 35.9. The van der Waals surface area contributed by atoms with Crippen molar-refractivity contribution in [1.82, 2.24) is 0 Å². The van der Waals surface area contributed by atoms with Gasteiger partial charge in [-0.3, -0.25) is 14.1 Å². The normalized spacial score (nSPS) is 11.8. The van der Waals surface area contributed by atoms with Crippen molar-refractivity contribution in [1.29, 1.82) is 0 Å². The topological polar surface area (TPSA) is 118 Å². The molecule has 182 valence electrons. The summed E-state index contributed by atoms with van der Waals surface area (Å²) in [6.45, 7) is 2.27. The molecule has 0 spiro atoms. The third-order valence-corrected chi connectivity index (χ3v) is 6.30. The maximum atomic E-state index is 11.7. The second kappa shape index (κ2) is 26.2. The summed E-state index contributed by atoms with van der Waals surface area (Å²) in [5.41, 5.74) is 0. The van der Waals surface area contributed by atoms with Gasteiger partial charge in [-0.15, -0.1) is 0 Å². The number of carbonyl (C=O) groups excluding carboxylic acids is 1. The molecule has 0 aromatic heterocycles. The average molecular weight is 531 g/mol. The Morgan fingerprint density at radius 3 is 1.41 bits per heavy atom. The Labute approximate surface area is 283 Å². The Morgan fingerprint density at radius 1 is 0.750 bits per heavy atom. The number of hydrogen-bond acceptors (Lipinski definition) is 5. The first-order valence-corrected chi connectivity index (χ1v) is 13.1. The van der Waals surface area contributed by atoms with Crippen molar-refractivity contribution in [3.05, 3.63) is 0 Å². The van der Waals surface area contributed by atoms with Crippen LogP contribution in [0.2, 0.25) is 0 Å². The number of carboxylic acids is 1. The second-order valence-corrected chi connectivity index (χ2v) is 9.67. The van der Waals surface area contributed by atoms with E-state index in [1.807, 2.05) is 0 Å². The molecule has 0 heterocycles. The van der Waals surface area contributed by atoms with E-state index < -0.39 is 33.7 Å². The Morgan fingerprint density at radius 2 is 1.09 bits per heavy atom. The predicted molar refractivity (Wildman–Crippen MR) is 120 cm³/mol. The fraction of sp³-hybridized carbons (Fsp3) is 0.909. The van der Waals surface area contributed by atoms with Gasteiger partial charge in [0, 0.05) is 0 Å². The number of rotatable bonds is 21. The first-order valence-electron chi connectivity index (χ1n) is 11.6. The number of unbranched alkanes of at least 4 members (excludes halogenated alkanes) is 15. The Kier molecular flexibility index (Phi) is 31.6. The van der Waals surface area contributed by atoms with E-state index in [1.165, 1.54) is 77.0 Å². The van der Waals surface area contributed by atoms with Crippen LogP contribution in [0.1, 0.15) is 119 Å². The summed E-state index contributed by atoms with van der Waals surface area (Å²) >= 11 is 0. The van der Waals surface area contributed by atoms with Gasteiger partial charge in [0.15, 0.2) is 5.25 Å². The van der Waals surface area contributed by atoms with E-state index in [2.05, 4.69) is 6.92 Å². The molecular formula is C22H44K2O7S. The zero-order valence-corrected chi connectivity index (χ0v) is 27.7. The van der Waals surface area contributed by atoms with Crippen LogP contribution in [0, 0.1) is 0 Å². The number of carbonyl (C=O) groups is 2. The summed E-state index contributed by atoms with van der Waals surface area (Å²) in [6, 6.07) is 0. The van der Waals surface area contributed by atoms with E-state index in [0.717, 1.165) is 19.3 Å². The fourth-order valence-corrected chi connectivity index (χ4v) is 4.05. The minimum Gasteiger partial charge on any atom is -1.00 e. The van der Waals surface area contributed by atoms with E-state index in [4.69, 9.17) is 14.4 Å². The molecule has 0 saturated heterocycles. The number of ether oxygens (including phenoxy) is 1. The minimum absolute atomic E-state index is 0. The minimum atomic E-state index is -4.79. The quantitative estimate of drug-likeness (QED) is 0.0910. The molecule has 0 bridgehead atoms. The monoisotopic (exact) mass is 530 g/mol. The Hall–Kier alpha value is 2.12. The molecule has 0 aliphatic carbocycles. The van der Waals surface area contributed by atoms with E-state index in [0.29, 0.717) is 6.42 Å². The summed E-state index contributed by atoms with van der Waals surface area (Å²) in [5, 5.41) is 6.57. The zero-order chi connectivity index (χ0) is 22.7. The molecule has 1 atom stereocenters. The Bertz CT molecular complexity index is 567. The van der Waals surface area contributed by atoms with Gasteiger partial charge in [0.2, 0.25) is 0 Å². The van der Waals surface area contributed by atoms with Crippen molar-refractivity contribution < 1.29 is 138 Å². The van der Waals surface area contributed by atoms with Crippen LogP contribution in [0.5, 0.6) is 0 Å².